The van der Waals surface area contributed by atoms with Gasteiger partial charge in [0.25, 0.3) is 0 Å². The number of aromatic amines is 1. The first-order chi connectivity index (χ1) is 24.8. The molecule has 0 aliphatic carbocycles. The van der Waals surface area contributed by atoms with Crippen molar-refractivity contribution < 1.29 is 66.6 Å². The third kappa shape index (κ3) is 18.5. The molecule has 0 saturated heterocycles. The summed E-state index contributed by atoms with van der Waals surface area (Å²) in [5.41, 5.74) is 16.6. The van der Waals surface area contributed by atoms with Crippen molar-refractivity contribution in [3.05, 3.63) is 79.1 Å². The summed E-state index contributed by atoms with van der Waals surface area (Å²) in [6.45, 7) is 6.98. The summed E-state index contributed by atoms with van der Waals surface area (Å²) >= 11 is 0. The molecule has 0 bridgehead atoms. The number of nitrogen functional groups attached to an aromatic ring is 3. The maximum absolute atomic E-state index is 12.9. The molecule has 3 aromatic rings. The van der Waals surface area contributed by atoms with Gasteiger partial charge in [-0.1, -0.05) is 25.3 Å². The first-order valence-electron chi connectivity index (χ1n) is 14.1. The Balaban J connectivity index is 0. The first-order valence-corrected chi connectivity index (χ1v) is 14.1. The summed E-state index contributed by atoms with van der Waals surface area (Å²) in [4.78, 5) is 44.9. The lowest BCUT2D eigenvalue weighted by Crippen LogP contribution is -2.24. The van der Waals surface area contributed by atoms with Crippen molar-refractivity contribution in [3.63, 3.8) is 0 Å². The van der Waals surface area contributed by atoms with Crippen LogP contribution in [0.3, 0.4) is 0 Å². The Labute approximate surface area is 296 Å². The molecule has 0 aliphatic heterocycles. The second-order valence-electron chi connectivity index (χ2n) is 8.62. The van der Waals surface area contributed by atoms with Crippen LogP contribution < -0.4 is 17.2 Å². The highest BCUT2D eigenvalue weighted by Gasteiger charge is 2.21. The van der Waals surface area contributed by atoms with E-state index in [4.69, 9.17) is 65.4 Å². The minimum absolute atomic E-state index is 0.0202. The number of nitrogens with zero attached hydrogens (tertiary/aromatic N) is 4. The normalized spacial score (nSPS) is 10.3. The number of ether oxygens (including phenoxy) is 6. The van der Waals surface area contributed by atoms with Crippen molar-refractivity contribution in [3.8, 4) is 0 Å². The molecule has 9 N–H and O–H groups in total. The highest BCUT2D eigenvalue weighted by Crippen LogP contribution is 2.17. The summed E-state index contributed by atoms with van der Waals surface area (Å²) in [6, 6.07) is 0. The molecule has 0 fully saturated rings. The van der Waals surface area contributed by atoms with Crippen molar-refractivity contribution in [2.75, 3.05) is 58.9 Å². The van der Waals surface area contributed by atoms with E-state index in [2.05, 4.69) is 33.4 Å². The first kappa shape index (κ1) is 47.9. The maximum Gasteiger partial charge on any atom is 0.346 e. The number of hydrogen-bond acceptors (Lipinski definition) is 18. The smallest absolute Gasteiger partial charge is 0.346 e. The predicted octanol–water partition coefficient (Wildman–Crippen LogP) is 2.14. The lowest BCUT2D eigenvalue weighted by atomic mass is 10.3. The fraction of sp³-hybridized carbons (Fsp3) is 0.300. The van der Waals surface area contributed by atoms with Gasteiger partial charge in [0.05, 0.1) is 18.7 Å². The molecule has 52 heavy (non-hydrogen) atoms. The molecule has 20 nitrogen and oxygen atoms in total. The summed E-state index contributed by atoms with van der Waals surface area (Å²) in [5, 5.41) is 24.9. The van der Waals surface area contributed by atoms with Crippen LogP contribution in [0.25, 0.3) is 5.65 Å². The number of nitrogens with one attached hydrogen (secondary N) is 1. The number of aldehydes is 2. The zero-order valence-electron chi connectivity index (χ0n) is 28.6. The topological polar surface area (TPSA) is 301 Å². The van der Waals surface area contributed by atoms with Gasteiger partial charge in [0, 0.05) is 40.9 Å². The molecule has 3 rings (SSSR count). The lowest BCUT2D eigenvalue weighted by Gasteiger charge is -2.18. The molecule has 3 heterocycles. The van der Waals surface area contributed by atoms with E-state index in [1.165, 1.54) is 12.2 Å². The average Bonchev–Trinajstić information content (AvgIpc) is 3.66. The standard InChI is InChI=1S/C10H9FN4O2.C7H10N4O2.C7H16O4.C3H3FO2.C3H4O2/c1-2-3-17-10(16)7-8(12)14-15-5-6(11)4-13-9(7)15;1-2-3-13-7(12)4-5(8)10-11-6(4)9;1-8-6(9-2)5-7(10-3)11-4;4-3(1-5)2-6;4-2-1-3-5/h2,4-5H,1,3H2,(H2,12,14);2H,1,3H2,(H5,8,9,10,11);6-7H,5H2,1-4H3;1-2,5H;1-4H/b;;;3-1-;2-1+. The number of aliphatic hydroxyl groups excluding tert-OH is 2. The third-order valence-electron chi connectivity index (χ3n) is 5.20. The van der Waals surface area contributed by atoms with Gasteiger partial charge < -0.3 is 55.8 Å². The Hall–Kier alpha value is -6.23. The molecule has 22 heteroatoms. The molecule has 0 amide bonds. The number of aromatic nitrogens is 5. The number of anilines is 3. The summed E-state index contributed by atoms with van der Waals surface area (Å²) in [5.74, 6) is -2.93. The second kappa shape index (κ2) is 28.6. The van der Waals surface area contributed by atoms with Crippen LogP contribution in [0.15, 0.2) is 62.1 Å². The lowest BCUT2D eigenvalue weighted by molar-refractivity contribution is -0.178. The van der Waals surface area contributed by atoms with Gasteiger partial charge in [-0.15, -0.1) is 5.10 Å². The van der Waals surface area contributed by atoms with Crippen LogP contribution in [-0.2, 0) is 38.0 Å². The van der Waals surface area contributed by atoms with Gasteiger partial charge in [0.15, 0.2) is 47.8 Å². The number of aliphatic hydroxyl groups is 2. The minimum atomic E-state index is -1.16. The van der Waals surface area contributed by atoms with Gasteiger partial charge in [-0.25, -0.2) is 23.5 Å². The highest BCUT2D eigenvalue weighted by atomic mass is 19.1. The van der Waals surface area contributed by atoms with Crippen molar-refractivity contribution in [2.45, 2.75) is 19.0 Å². The van der Waals surface area contributed by atoms with Crippen LogP contribution in [-0.4, -0.2) is 114 Å². The Kier molecular flexibility index (Phi) is 26.3. The zero-order valence-corrected chi connectivity index (χ0v) is 28.6. The summed E-state index contributed by atoms with van der Waals surface area (Å²) in [7, 11) is 6.32. The third-order valence-corrected chi connectivity index (χ3v) is 5.20. The van der Waals surface area contributed by atoms with Gasteiger partial charge in [0.2, 0.25) is 0 Å². The number of carbonyl (C=O) groups excluding carboxylic acids is 4. The fourth-order valence-corrected chi connectivity index (χ4v) is 2.92. The number of nitrogens with two attached hydrogens (primary N) is 3. The Bertz CT molecular complexity index is 1560. The van der Waals surface area contributed by atoms with Crippen LogP contribution in [0.5, 0.6) is 0 Å². The Morgan fingerprint density at radius 1 is 0.942 bits per heavy atom. The van der Waals surface area contributed by atoms with E-state index in [9.17, 15) is 18.4 Å². The highest BCUT2D eigenvalue weighted by molar-refractivity contribution is 6.00. The van der Waals surface area contributed by atoms with Crippen LogP contribution in [0, 0.1) is 5.82 Å². The molecular weight excluding hydrogens is 702 g/mol. The number of esters is 2. The molecule has 0 atom stereocenters. The molecule has 0 spiro atoms. The van der Waals surface area contributed by atoms with Crippen molar-refractivity contribution >= 4 is 47.6 Å². The quantitative estimate of drug-likeness (QED) is 0.0344. The fourth-order valence-electron chi connectivity index (χ4n) is 2.92. The van der Waals surface area contributed by atoms with E-state index in [1.54, 1.807) is 28.4 Å². The molecule has 0 aliphatic rings. The van der Waals surface area contributed by atoms with Gasteiger partial charge in [0.1, 0.15) is 42.7 Å². The van der Waals surface area contributed by atoms with E-state index in [0.29, 0.717) is 19.0 Å². The second-order valence-corrected chi connectivity index (χ2v) is 8.62. The van der Waals surface area contributed by atoms with E-state index >= 15 is 0 Å². The Morgan fingerprint density at radius 3 is 1.81 bits per heavy atom. The SMILES string of the molecule is C=CCOC(=O)c1c(N)n[nH]c1N.C=CCOC(=O)c1c(N)nn2cc(F)cnc12.COC(CC(OC)OC)OC.O=C/C(F)=C/O.O=C/C=C/O. The number of rotatable bonds is 14. The van der Waals surface area contributed by atoms with Gasteiger partial charge in [-0.2, -0.15) is 9.49 Å². The number of allylic oxidation sites excluding steroid dienone is 2. The van der Waals surface area contributed by atoms with E-state index in [-0.39, 0.29) is 72.6 Å². The molecule has 0 saturated carbocycles. The van der Waals surface area contributed by atoms with Crippen LogP contribution in [0.4, 0.5) is 26.2 Å². The van der Waals surface area contributed by atoms with Gasteiger partial charge >= 0.3 is 11.9 Å². The van der Waals surface area contributed by atoms with Crippen LogP contribution >= 0.6 is 0 Å². The molecule has 3 aromatic heterocycles. The molecule has 0 radical (unpaired) electrons. The largest absolute Gasteiger partial charge is 0.515 e. The summed E-state index contributed by atoms with van der Waals surface area (Å²) < 4.78 is 54.4. The zero-order chi connectivity index (χ0) is 40.1. The van der Waals surface area contributed by atoms with Crippen molar-refractivity contribution in [1.82, 2.24) is 24.8 Å². The van der Waals surface area contributed by atoms with E-state index in [1.807, 2.05) is 0 Å². The minimum Gasteiger partial charge on any atom is -0.515 e. The van der Waals surface area contributed by atoms with E-state index in [0.717, 1.165) is 23.0 Å². The number of methoxy groups -OCH3 is 4. The van der Waals surface area contributed by atoms with Crippen LogP contribution in [0.2, 0.25) is 0 Å². The predicted molar refractivity (Wildman–Crippen MR) is 182 cm³/mol. The number of hydrogen-bond donors (Lipinski definition) is 6. The molecule has 0 aromatic carbocycles. The number of H-pyrrole nitrogens is 1. The Morgan fingerprint density at radius 2 is 1.46 bits per heavy atom. The number of carbonyl (C=O) groups is 4. The summed E-state index contributed by atoms with van der Waals surface area (Å²) in [6.07, 6.45) is 7.17. The van der Waals surface area contributed by atoms with Crippen molar-refractivity contribution in [1.29, 1.82) is 0 Å². The molecule has 0 unspecified atom stereocenters. The van der Waals surface area contributed by atoms with Crippen molar-refractivity contribution in [2.24, 2.45) is 0 Å². The monoisotopic (exact) mass is 744 g/mol. The molecule has 288 valence electrons. The number of fused-ring (bicyclic) bond motifs is 1. The number of halogens is 2. The van der Waals surface area contributed by atoms with Crippen LogP contribution in [0.1, 0.15) is 27.1 Å². The molecular formula is C30H42F2N8O12. The van der Waals surface area contributed by atoms with Gasteiger partial charge in [-0.05, 0) is 0 Å². The van der Waals surface area contributed by atoms with E-state index < -0.39 is 23.6 Å². The van der Waals surface area contributed by atoms with Gasteiger partial charge in [-0.3, -0.25) is 14.7 Å². The maximum atomic E-state index is 12.9. The average molecular weight is 745 g/mol.